The van der Waals surface area contributed by atoms with Crippen LogP contribution in [0.2, 0.25) is 0 Å². The van der Waals surface area contributed by atoms with Crippen LogP contribution in [0.1, 0.15) is 52.6 Å². The van der Waals surface area contributed by atoms with E-state index in [1.54, 1.807) is 6.92 Å². The summed E-state index contributed by atoms with van der Waals surface area (Å²) in [6.45, 7) is 1.32. The molecule has 1 heterocycles. The zero-order valence-corrected chi connectivity index (χ0v) is 20.0. The quantitative estimate of drug-likeness (QED) is 0.184. The number of benzene rings is 1. The summed E-state index contributed by atoms with van der Waals surface area (Å²) in [6, 6.07) is 5.44. The molecule has 0 saturated heterocycles. The second kappa shape index (κ2) is 11.1. The fraction of sp³-hybridized carbons (Fsp3) is 0.524. The predicted molar refractivity (Wildman–Crippen MR) is 116 cm³/mol. The molecular weight excluding hydrogens is 507 g/mol. The lowest BCUT2D eigenvalue weighted by Crippen LogP contribution is -2.41. The minimum absolute atomic E-state index is 0.00576. The SMILES string of the molecule is CC(N)(CCc1ccc(CCCCc2cc(C(F)(F)F)cc(C(F)(F)F)c2)s1)COP(=O)(O)O. The molecule has 2 rings (SSSR count). The van der Waals surface area contributed by atoms with Gasteiger partial charge in [0.05, 0.1) is 17.7 Å². The number of phosphoric ester groups is 1. The molecule has 4 N–H and O–H groups in total. The van der Waals surface area contributed by atoms with Crippen molar-refractivity contribution in [1.82, 2.24) is 0 Å². The monoisotopic (exact) mass is 533 g/mol. The average Bonchev–Trinajstić information content (AvgIpc) is 3.14. The van der Waals surface area contributed by atoms with Gasteiger partial charge in [-0.15, -0.1) is 11.3 Å². The van der Waals surface area contributed by atoms with Gasteiger partial charge in [-0.1, -0.05) is 0 Å². The van der Waals surface area contributed by atoms with Crippen LogP contribution in [-0.4, -0.2) is 21.9 Å². The number of unbranched alkanes of at least 4 members (excludes halogenated alkanes) is 1. The van der Waals surface area contributed by atoms with Crippen molar-refractivity contribution < 1.29 is 45.2 Å². The Morgan fingerprint density at radius 1 is 0.912 bits per heavy atom. The second-order valence-corrected chi connectivity index (χ2v) is 10.9. The first kappa shape index (κ1) is 28.8. The van der Waals surface area contributed by atoms with E-state index < -0.39 is 36.8 Å². The fourth-order valence-corrected chi connectivity index (χ4v) is 4.72. The molecule has 0 aliphatic heterocycles. The number of nitrogens with two attached hydrogens (primary N) is 1. The molecule has 1 atom stereocenters. The molecule has 0 aliphatic rings. The molecule has 0 saturated carbocycles. The average molecular weight is 533 g/mol. The molecule has 0 aliphatic carbocycles. The molecule has 1 aromatic heterocycles. The van der Waals surface area contributed by atoms with Gasteiger partial charge < -0.3 is 15.5 Å². The third-order valence-electron chi connectivity index (χ3n) is 5.01. The molecule has 0 radical (unpaired) electrons. The zero-order valence-electron chi connectivity index (χ0n) is 18.2. The smallest absolute Gasteiger partial charge is 0.323 e. The molecule has 2 aromatic rings. The van der Waals surface area contributed by atoms with Gasteiger partial charge in [0.15, 0.2) is 0 Å². The maximum Gasteiger partial charge on any atom is 0.469 e. The molecule has 1 aromatic carbocycles. The van der Waals surface area contributed by atoms with Gasteiger partial charge in [-0.2, -0.15) is 26.3 Å². The third-order valence-corrected chi connectivity index (χ3v) is 6.68. The van der Waals surface area contributed by atoms with Crippen LogP contribution in [-0.2, 0) is 40.7 Å². The number of halogens is 6. The molecule has 1 unspecified atom stereocenters. The van der Waals surface area contributed by atoms with Crippen LogP contribution >= 0.6 is 19.2 Å². The van der Waals surface area contributed by atoms with Gasteiger partial charge >= 0.3 is 20.2 Å². The van der Waals surface area contributed by atoms with Crippen LogP contribution in [0.25, 0.3) is 0 Å². The third kappa shape index (κ3) is 10.1. The highest BCUT2D eigenvalue weighted by Crippen LogP contribution is 2.38. The maximum atomic E-state index is 13.0. The van der Waals surface area contributed by atoms with E-state index in [0.717, 1.165) is 21.9 Å². The Bertz CT molecular complexity index is 968. The van der Waals surface area contributed by atoms with Crippen LogP contribution in [0.5, 0.6) is 0 Å². The number of thiophene rings is 1. The van der Waals surface area contributed by atoms with Crippen molar-refractivity contribution in [3.63, 3.8) is 0 Å². The van der Waals surface area contributed by atoms with Gasteiger partial charge in [-0.3, -0.25) is 4.52 Å². The van der Waals surface area contributed by atoms with Crippen LogP contribution in [0, 0.1) is 0 Å². The normalized spacial score (nSPS) is 14.9. The van der Waals surface area contributed by atoms with E-state index >= 15 is 0 Å². The molecule has 0 fully saturated rings. The number of hydrogen-bond acceptors (Lipinski definition) is 4. The number of aryl methyl sites for hydroxylation is 3. The van der Waals surface area contributed by atoms with E-state index in [-0.39, 0.29) is 24.7 Å². The summed E-state index contributed by atoms with van der Waals surface area (Å²) in [6.07, 6.45) is -7.01. The minimum Gasteiger partial charge on any atom is -0.323 e. The van der Waals surface area contributed by atoms with Crippen molar-refractivity contribution in [1.29, 1.82) is 0 Å². The Morgan fingerprint density at radius 3 is 1.91 bits per heavy atom. The summed E-state index contributed by atoms with van der Waals surface area (Å²) in [5.41, 5.74) is 2.44. The van der Waals surface area contributed by atoms with Crippen molar-refractivity contribution in [2.75, 3.05) is 6.61 Å². The number of phosphoric acid groups is 1. The van der Waals surface area contributed by atoms with Crippen LogP contribution < -0.4 is 5.73 Å². The van der Waals surface area contributed by atoms with E-state index in [9.17, 15) is 30.9 Å². The summed E-state index contributed by atoms with van der Waals surface area (Å²) >= 11 is 1.51. The van der Waals surface area contributed by atoms with E-state index in [1.165, 1.54) is 11.3 Å². The second-order valence-electron chi connectivity index (χ2n) is 8.41. The van der Waals surface area contributed by atoms with Crippen molar-refractivity contribution in [2.24, 2.45) is 5.73 Å². The van der Waals surface area contributed by atoms with Gasteiger partial charge in [-0.25, -0.2) is 4.57 Å². The lowest BCUT2D eigenvalue weighted by molar-refractivity contribution is -0.143. The summed E-state index contributed by atoms with van der Waals surface area (Å²) in [5, 5.41) is 0. The van der Waals surface area contributed by atoms with Crippen molar-refractivity contribution in [3.8, 4) is 0 Å². The fourth-order valence-electron chi connectivity index (χ4n) is 3.20. The molecule has 5 nitrogen and oxygen atoms in total. The van der Waals surface area contributed by atoms with E-state index in [1.807, 2.05) is 12.1 Å². The highest BCUT2D eigenvalue weighted by molar-refractivity contribution is 7.46. The number of hydrogen-bond donors (Lipinski definition) is 3. The molecule has 192 valence electrons. The summed E-state index contributed by atoms with van der Waals surface area (Å²) < 4.78 is 93.1. The Balaban J connectivity index is 1.87. The Hall–Kier alpha value is -1.43. The topological polar surface area (TPSA) is 92.8 Å². The van der Waals surface area contributed by atoms with Crippen molar-refractivity contribution in [2.45, 2.75) is 63.3 Å². The van der Waals surface area contributed by atoms with E-state index in [0.29, 0.717) is 32.1 Å². The first-order chi connectivity index (χ1) is 15.4. The summed E-state index contributed by atoms with van der Waals surface area (Å²) in [4.78, 5) is 19.6. The van der Waals surface area contributed by atoms with Gasteiger partial charge in [0.25, 0.3) is 0 Å². The first-order valence-corrected chi connectivity index (χ1v) is 12.6. The van der Waals surface area contributed by atoms with E-state index in [2.05, 4.69) is 4.52 Å². The summed E-state index contributed by atoms with van der Waals surface area (Å²) in [5.74, 6) is 0. The van der Waals surface area contributed by atoms with Gasteiger partial charge in [-0.05, 0) is 81.3 Å². The Labute approximate surface area is 197 Å². The van der Waals surface area contributed by atoms with Crippen molar-refractivity contribution >= 4 is 19.2 Å². The maximum absolute atomic E-state index is 13.0. The lowest BCUT2D eigenvalue weighted by Gasteiger charge is -2.24. The van der Waals surface area contributed by atoms with Crippen LogP contribution in [0.3, 0.4) is 0 Å². The number of alkyl halides is 6. The highest BCUT2D eigenvalue weighted by atomic mass is 32.1. The largest absolute Gasteiger partial charge is 0.469 e. The standard InChI is InChI=1S/C21H26F6NO4PS/c1-19(28,13-32-33(29,30)31)9-8-18-7-6-17(34-18)5-3-2-4-14-10-15(20(22,23)24)12-16(11-14)21(25,26)27/h6-7,10-12H,2-5,8-9,13,28H2,1H3,(H2,29,30,31). The Morgan fingerprint density at radius 2 is 1.41 bits per heavy atom. The number of rotatable bonds is 11. The predicted octanol–water partition coefficient (Wildman–Crippen LogP) is 6.11. The summed E-state index contributed by atoms with van der Waals surface area (Å²) in [7, 11) is -4.60. The van der Waals surface area contributed by atoms with Crippen LogP contribution in [0.15, 0.2) is 30.3 Å². The zero-order chi connectivity index (χ0) is 25.8. The molecule has 34 heavy (non-hydrogen) atoms. The molecule has 0 amide bonds. The van der Waals surface area contributed by atoms with Gasteiger partial charge in [0.1, 0.15) is 0 Å². The van der Waals surface area contributed by atoms with E-state index in [4.69, 9.17) is 15.5 Å². The highest BCUT2D eigenvalue weighted by Gasteiger charge is 2.36. The van der Waals surface area contributed by atoms with Gasteiger partial charge in [0.2, 0.25) is 0 Å². The minimum atomic E-state index is -4.86. The Kier molecular flexibility index (Phi) is 9.40. The van der Waals surface area contributed by atoms with Crippen LogP contribution in [0.4, 0.5) is 26.3 Å². The molecule has 0 spiro atoms. The molecule has 0 bridgehead atoms. The lowest BCUT2D eigenvalue weighted by atomic mass is 9.98. The molecule has 13 heteroatoms. The van der Waals surface area contributed by atoms with Crippen molar-refractivity contribution in [3.05, 3.63) is 56.8 Å². The molecular formula is C21H26F6NO4PS. The van der Waals surface area contributed by atoms with Gasteiger partial charge in [0, 0.05) is 15.3 Å². The first-order valence-electron chi connectivity index (χ1n) is 10.3.